The van der Waals surface area contributed by atoms with Gasteiger partial charge in [0, 0.05) is 49.6 Å². The van der Waals surface area contributed by atoms with Crippen LogP contribution in [-0.2, 0) is 34.3 Å². The summed E-state index contributed by atoms with van der Waals surface area (Å²) in [5.74, 6) is 0.966. The van der Waals surface area contributed by atoms with Gasteiger partial charge in [0.2, 0.25) is 11.8 Å². The van der Waals surface area contributed by atoms with Crippen molar-refractivity contribution in [2.75, 3.05) is 36.4 Å². The molecule has 2 N–H and O–H groups in total. The molecule has 0 spiro atoms. The first-order valence-corrected chi connectivity index (χ1v) is 27.6. The summed E-state index contributed by atoms with van der Waals surface area (Å²) in [5.41, 5.74) is 8.67. The predicted octanol–water partition coefficient (Wildman–Crippen LogP) is 11.1. The molecule has 75 heavy (non-hydrogen) atoms. The van der Waals surface area contributed by atoms with Crippen LogP contribution in [0, 0.1) is 12.8 Å². The minimum atomic E-state index is -0.734. The number of rotatable bonds is 13. The van der Waals surface area contributed by atoms with Gasteiger partial charge in [0.15, 0.2) is 10.8 Å². The molecular formula is C60H66N8O6S. The number of carbonyl (C=O) groups is 4. The summed E-state index contributed by atoms with van der Waals surface area (Å²) < 4.78 is 15.8. The third-order valence-electron chi connectivity index (χ3n) is 15.8. The molecule has 4 aliphatic rings. The molecule has 3 amide bonds. The molecule has 0 unspecified atom stereocenters. The van der Waals surface area contributed by atoms with Gasteiger partial charge in [-0.15, -0.1) is 0 Å². The number of likely N-dealkylation sites (tertiary alicyclic amines) is 1. The molecule has 2 saturated heterocycles. The number of aryl methyl sites for hydroxylation is 1. The van der Waals surface area contributed by atoms with E-state index in [1.165, 1.54) is 29.7 Å². The van der Waals surface area contributed by atoms with Gasteiger partial charge >= 0.3 is 5.97 Å². The van der Waals surface area contributed by atoms with Crippen molar-refractivity contribution in [1.82, 2.24) is 30.0 Å². The van der Waals surface area contributed by atoms with Crippen molar-refractivity contribution in [2.45, 2.75) is 122 Å². The first kappa shape index (κ1) is 50.2. The molecule has 15 heteroatoms. The molecule has 2 atom stereocenters. The van der Waals surface area contributed by atoms with Crippen molar-refractivity contribution in [2.24, 2.45) is 13.0 Å². The standard InChI is InChI=1S/C60H66N8O6S/c1-36-41(43-25-27-51(62-54(43)58(72)74-60(2,3)4)68-33-30-38-13-8-16-44(47(38)35-68)56(70)64-59-61-48-18-6-7-20-50(48)75-59)14-10-19-49(36)73-40-23-21-37(22-24-40)12-11-31-67-32-29-39(34-67)42-15-9-17-45-53(65-66(5)55(42)45)46-26-28-52(69)63-57(46)71/h6-10,13-20,25,27,37,39-40,46H,11-12,21-24,26,28-35H2,1-5H3,(H,61,64,70)(H,63,69,71)/t37?,39-,40?,46+/m1/s1. The molecule has 14 nitrogen and oxygen atoms in total. The molecule has 4 aromatic carbocycles. The smallest absolute Gasteiger partial charge is 0.358 e. The van der Waals surface area contributed by atoms with Gasteiger partial charge in [-0.3, -0.25) is 29.7 Å². The van der Waals surface area contributed by atoms with Crippen LogP contribution in [0.1, 0.15) is 139 Å². The number of carbonyl (C=O) groups excluding carboxylic acids is 4. The van der Waals surface area contributed by atoms with E-state index >= 15 is 0 Å². The normalized spacial score (nSPS) is 20.3. The van der Waals surface area contributed by atoms with E-state index in [0.29, 0.717) is 66.3 Å². The van der Waals surface area contributed by atoms with Crippen LogP contribution < -0.4 is 20.3 Å². The molecule has 3 fully saturated rings. The zero-order chi connectivity index (χ0) is 52.0. The Hall–Kier alpha value is -6.97. The van der Waals surface area contributed by atoms with E-state index in [0.717, 1.165) is 107 Å². The van der Waals surface area contributed by atoms with Crippen LogP contribution in [0.5, 0.6) is 5.75 Å². The van der Waals surface area contributed by atoms with Crippen LogP contribution in [0.15, 0.2) is 91.0 Å². The van der Waals surface area contributed by atoms with Gasteiger partial charge in [0.1, 0.15) is 17.2 Å². The number of piperidine rings is 1. The second-order valence-corrected chi connectivity index (χ2v) is 23.0. The second kappa shape index (κ2) is 21.0. The van der Waals surface area contributed by atoms with E-state index < -0.39 is 17.5 Å². The third-order valence-corrected chi connectivity index (χ3v) is 16.7. The number of aromatic nitrogens is 4. The van der Waals surface area contributed by atoms with E-state index in [2.05, 4.69) is 56.6 Å². The van der Waals surface area contributed by atoms with E-state index in [9.17, 15) is 19.2 Å². The zero-order valence-electron chi connectivity index (χ0n) is 43.6. The number of fused-ring (bicyclic) bond motifs is 3. The number of nitrogens with one attached hydrogen (secondary N) is 2. The number of hydrogen-bond acceptors (Lipinski definition) is 12. The number of anilines is 2. The molecule has 6 heterocycles. The molecule has 0 bridgehead atoms. The molecule has 11 rings (SSSR count). The molecule has 3 aromatic heterocycles. The maximum absolute atomic E-state index is 14.1. The number of esters is 1. The summed E-state index contributed by atoms with van der Waals surface area (Å²) >= 11 is 1.45. The quantitative estimate of drug-likeness (QED) is 0.0835. The molecule has 3 aliphatic heterocycles. The highest BCUT2D eigenvalue weighted by molar-refractivity contribution is 7.22. The van der Waals surface area contributed by atoms with Crippen LogP contribution in [0.3, 0.4) is 0 Å². The van der Waals surface area contributed by atoms with Gasteiger partial charge in [0.05, 0.1) is 33.4 Å². The van der Waals surface area contributed by atoms with Crippen LogP contribution in [-0.4, -0.2) is 86.2 Å². The number of amides is 3. The number of nitrogens with zero attached hydrogens (tertiary/aromatic N) is 6. The van der Waals surface area contributed by atoms with Crippen molar-refractivity contribution >= 4 is 67.1 Å². The highest BCUT2D eigenvalue weighted by atomic mass is 32.1. The monoisotopic (exact) mass is 1030 g/mol. The average Bonchev–Trinajstić information content (AvgIpc) is 4.14. The number of ether oxygens (including phenoxy) is 2. The number of hydrogen-bond donors (Lipinski definition) is 2. The number of para-hydroxylation sites is 2. The Kier molecular flexibility index (Phi) is 14.0. The van der Waals surface area contributed by atoms with Gasteiger partial charge in [-0.1, -0.05) is 65.9 Å². The highest BCUT2D eigenvalue weighted by Gasteiger charge is 2.34. The molecule has 1 aliphatic carbocycles. The number of pyridine rings is 1. The van der Waals surface area contributed by atoms with E-state index in [4.69, 9.17) is 19.6 Å². The molecule has 0 radical (unpaired) electrons. The minimum Gasteiger partial charge on any atom is -0.490 e. The maximum atomic E-state index is 14.1. The summed E-state index contributed by atoms with van der Waals surface area (Å²) in [4.78, 5) is 67.0. The minimum absolute atomic E-state index is 0.112. The number of thiazole rings is 1. The van der Waals surface area contributed by atoms with Crippen molar-refractivity contribution in [1.29, 1.82) is 0 Å². The topological polar surface area (TPSA) is 161 Å². The Labute approximate surface area is 442 Å². The summed E-state index contributed by atoms with van der Waals surface area (Å²) in [7, 11) is 1.97. The van der Waals surface area contributed by atoms with Gasteiger partial charge in [-0.2, -0.15) is 5.10 Å². The molecular weight excluding hydrogens is 961 g/mol. The van der Waals surface area contributed by atoms with Gasteiger partial charge in [0.25, 0.3) is 5.91 Å². The largest absolute Gasteiger partial charge is 0.490 e. The Morgan fingerprint density at radius 3 is 2.48 bits per heavy atom. The van der Waals surface area contributed by atoms with Gasteiger partial charge in [-0.05, 0) is 175 Å². The van der Waals surface area contributed by atoms with Crippen molar-refractivity contribution in [3.05, 3.63) is 130 Å². The van der Waals surface area contributed by atoms with Crippen molar-refractivity contribution < 1.29 is 28.7 Å². The fourth-order valence-electron chi connectivity index (χ4n) is 12.0. The Balaban J connectivity index is 0.715. The Bertz CT molecular complexity index is 3300. The van der Waals surface area contributed by atoms with E-state index in [1.54, 1.807) is 0 Å². The van der Waals surface area contributed by atoms with E-state index in [-0.39, 0.29) is 29.5 Å². The summed E-state index contributed by atoms with van der Waals surface area (Å²) in [5, 5.41) is 12.0. The van der Waals surface area contributed by atoms with Crippen molar-refractivity contribution in [3.63, 3.8) is 0 Å². The average molecular weight is 1030 g/mol. The SMILES string of the molecule is Cc1c(OC2CCC(CCCN3CC[C@@H](c4cccc5c([C@@H]6CCC(=O)NC6=O)nn(C)c45)C3)CC2)cccc1-c1ccc(N2CCc3cccc(C(=O)Nc4nc5ccccc5s4)c3C2)nc1C(=O)OC(C)(C)C. The molecule has 388 valence electrons. The van der Waals surface area contributed by atoms with Crippen LogP contribution in [0.25, 0.3) is 32.2 Å². The predicted molar refractivity (Wildman–Crippen MR) is 294 cm³/mol. The lowest BCUT2D eigenvalue weighted by atomic mass is 9.84. The van der Waals surface area contributed by atoms with Crippen molar-refractivity contribution in [3.8, 4) is 16.9 Å². The summed E-state index contributed by atoms with van der Waals surface area (Å²) in [6, 6.07) is 30.1. The lowest BCUT2D eigenvalue weighted by molar-refractivity contribution is -0.134. The summed E-state index contributed by atoms with van der Waals surface area (Å²) in [6.45, 7) is 11.9. The Morgan fingerprint density at radius 1 is 0.853 bits per heavy atom. The third kappa shape index (κ3) is 10.7. The Morgan fingerprint density at radius 2 is 1.67 bits per heavy atom. The van der Waals surface area contributed by atoms with E-state index in [1.807, 2.05) is 99.2 Å². The second-order valence-electron chi connectivity index (χ2n) is 22.0. The fourth-order valence-corrected chi connectivity index (χ4v) is 12.8. The van der Waals surface area contributed by atoms with Crippen LogP contribution in [0.4, 0.5) is 10.9 Å². The highest BCUT2D eigenvalue weighted by Crippen LogP contribution is 2.40. The lowest BCUT2D eigenvalue weighted by Crippen LogP contribution is -2.39. The lowest BCUT2D eigenvalue weighted by Gasteiger charge is -2.31. The van der Waals surface area contributed by atoms with Gasteiger partial charge < -0.3 is 19.3 Å². The molecule has 7 aromatic rings. The zero-order valence-corrected chi connectivity index (χ0v) is 44.4. The molecule has 1 saturated carbocycles. The van der Waals surface area contributed by atoms with Crippen LogP contribution in [0.2, 0.25) is 0 Å². The number of imide groups is 1. The van der Waals surface area contributed by atoms with Crippen LogP contribution >= 0.6 is 11.3 Å². The maximum Gasteiger partial charge on any atom is 0.358 e. The first-order chi connectivity index (χ1) is 36.2. The number of benzene rings is 4. The van der Waals surface area contributed by atoms with Gasteiger partial charge in [-0.25, -0.2) is 14.8 Å². The fraction of sp³-hybridized carbons (Fsp3) is 0.417. The summed E-state index contributed by atoms with van der Waals surface area (Å²) in [6.07, 6.45) is 9.39. The first-order valence-electron chi connectivity index (χ1n) is 26.8.